The van der Waals surface area contributed by atoms with E-state index in [1.807, 2.05) is 6.07 Å². The van der Waals surface area contributed by atoms with Gasteiger partial charge in [0.2, 0.25) is 11.5 Å². The second-order valence-electron chi connectivity index (χ2n) is 4.58. The molecule has 0 saturated heterocycles. The number of hydrogen-bond acceptors (Lipinski definition) is 6. The van der Waals surface area contributed by atoms with Crippen LogP contribution >= 0.6 is 0 Å². The van der Waals surface area contributed by atoms with E-state index in [0.29, 0.717) is 11.0 Å². The summed E-state index contributed by atoms with van der Waals surface area (Å²) in [6, 6.07) is 5.04. The van der Waals surface area contributed by atoms with E-state index in [1.54, 1.807) is 19.1 Å². The summed E-state index contributed by atoms with van der Waals surface area (Å²) in [5.74, 6) is -0.547. The number of anilines is 1. The summed E-state index contributed by atoms with van der Waals surface area (Å²) < 4.78 is 4.38. The highest BCUT2D eigenvalue weighted by Crippen LogP contribution is 2.17. The van der Waals surface area contributed by atoms with Crippen LogP contribution in [-0.2, 0) is 0 Å². The van der Waals surface area contributed by atoms with Crippen LogP contribution in [0, 0.1) is 0 Å². The van der Waals surface area contributed by atoms with E-state index in [-0.39, 0.29) is 23.2 Å². The molecule has 0 saturated carbocycles. The first kappa shape index (κ1) is 12.9. The molecule has 0 aliphatic rings. The van der Waals surface area contributed by atoms with E-state index in [4.69, 9.17) is 5.73 Å². The molecule has 0 aliphatic heterocycles. The number of imidazole rings is 1. The topological polar surface area (TPSA) is 143 Å². The van der Waals surface area contributed by atoms with Crippen molar-refractivity contribution in [2.24, 2.45) is 0 Å². The van der Waals surface area contributed by atoms with Crippen molar-refractivity contribution in [3.63, 3.8) is 0 Å². The summed E-state index contributed by atoms with van der Waals surface area (Å²) in [7, 11) is 0. The molecule has 1 unspecified atom stereocenters. The summed E-state index contributed by atoms with van der Waals surface area (Å²) in [6.07, 6.45) is 0. The lowest BCUT2D eigenvalue weighted by atomic mass is 10.1. The van der Waals surface area contributed by atoms with Gasteiger partial charge in [0, 0.05) is 0 Å². The van der Waals surface area contributed by atoms with Crippen molar-refractivity contribution in [3.05, 3.63) is 39.9 Å². The minimum atomic E-state index is -0.482. The molecule has 3 aromatic rings. The lowest BCUT2D eigenvalue weighted by Gasteiger charge is -2.13. The number of nitrogens with zero attached hydrogens (tertiary/aromatic N) is 2. The second-order valence-corrected chi connectivity index (χ2v) is 4.58. The molecular formula is C12H12N6O3. The SMILES string of the molecule is CC(NC(=O)c1nonc1N)c1ccc2[nH]c(=O)[nH]c2c1. The molecule has 5 N–H and O–H groups in total. The number of hydrogen-bond donors (Lipinski definition) is 4. The van der Waals surface area contributed by atoms with Gasteiger partial charge in [-0.05, 0) is 34.9 Å². The molecule has 9 nitrogen and oxygen atoms in total. The Balaban J connectivity index is 1.83. The largest absolute Gasteiger partial charge is 0.379 e. The van der Waals surface area contributed by atoms with E-state index in [0.717, 1.165) is 5.56 Å². The fourth-order valence-corrected chi connectivity index (χ4v) is 2.02. The summed E-state index contributed by atoms with van der Waals surface area (Å²) in [5.41, 5.74) is 7.32. The maximum Gasteiger partial charge on any atom is 0.323 e. The fourth-order valence-electron chi connectivity index (χ4n) is 2.02. The Morgan fingerprint density at radius 3 is 2.81 bits per heavy atom. The molecular weight excluding hydrogens is 276 g/mol. The number of nitrogens with one attached hydrogen (secondary N) is 3. The maximum absolute atomic E-state index is 12.0. The third-order valence-electron chi connectivity index (χ3n) is 3.12. The molecule has 1 aromatic carbocycles. The second kappa shape index (κ2) is 4.78. The van der Waals surface area contributed by atoms with Gasteiger partial charge in [0.1, 0.15) is 0 Å². The van der Waals surface area contributed by atoms with Crippen LogP contribution in [0.15, 0.2) is 27.6 Å². The average Bonchev–Trinajstić information content (AvgIpc) is 3.02. The van der Waals surface area contributed by atoms with Gasteiger partial charge in [0.15, 0.2) is 0 Å². The number of amides is 1. The molecule has 2 aromatic heterocycles. The Kier molecular flexibility index (Phi) is 2.94. The first-order chi connectivity index (χ1) is 10.0. The van der Waals surface area contributed by atoms with E-state index in [1.165, 1.54) is 0 Å². The van der Waals surface area contributed by atoms with Crippen molar-refractivity contribution in [2.75, 3.05) is 5.73 Å². The van der Waals surface area contributed by atoms with Crippen molar-refractivity contribution in [1.29, 1.82) is 0 Å². The maximum atomic E-state index is 12.0. The molecule has 9 heteroatoms. The minimum Gasteiger partial charge on any atom is -0.379 e. The van der Waals surface area contributed by atoms with E-state index in [9.17, 15) is 9.59 Å². The quantitative estimate of drug-likeness (QED) is 0.546. The zero-order chi connectivity index (χ0) is 15.0. The minimum absolute atomic E-state index is 0.0574. The van der Waals surface area contributed by atoms with Crippen LogP contribution in [0.5, 0.6) is 0 Å². The summed E-state index contributed by atoms with van der Waals surface area (Å²) in [4.78, 5) is 28.5. The van der Waals surface area contributed by atoms with Gasteiger partial charge in [-0.3, -0.25) is 4.79 Å². The van der Waals surface area contributed by atoms with Crippen LogP contribution in [-0.4, -0.2) is 26.2 Å². The van der Waals surface area contributed by atoms with Crippen molar-refractivity contribution >= 4 is 22.8 Å². The Labute approximate surface area is 117 Å². The Bertz CT molecular complexity index is 861. The van der Waals surface area contributed by atoms with Crippen LogP contribution in [0.2, 0.25) is 0 Å². The number of aromatic amines is 2. The third-order valence-corrected chi connectivity index (χ3v) is 3.12. The van der Waals surface area contributed by atoms with Gasteiger partial charge >= 0.3 is 5.69 Å². The van der Waals surface area contributed by atoms with E-state index >= 15 is 0 Å². The number of nitrogens with two attached hydrogens (primary N) is 1. The zero-order valence-corrected chi connectivity index (χ0v) is 11.0. The highest BCUT2D eigenvalue weighted by atomic mass is 16.6. The smallest absolute Gasteiger partial charge is 0.323 e. The molecule has 108 valence electrons. The van der Waals surface area contributed by atoms with Gasteiger partial charge < -0.3 is 21.0 Å². The molecule has 0 fully saturated rings. The summed E-state index contributed by atoms with van der Waals surface area (Å²) in [5, 5.41) is 9.52. The molecule has 21 heavy (non-hydrogen) atoms. The number of carbonyl (C=O) groups excluding carboxylic acids is 1. The van der Waals surface area contributed by atoms with Gasteiger partial charge in [0.25, 0.3) is 5.91 Å². The molecule has 0 aliphatic carbocycles. The number of H-pyrrole nitrogens is 2. The number of benzene rings is 1. The van der Waals surface area contributed by atoms with Crippen LogP contribution < -0.4 is 16.7 Å². The number of rotatable bonds is 3. The predicted molar refractivity (Wildman–Crippen MR) is 73.5 cm³/mol. The first-order valence-corrected chi connectivity index (χ1v) is 6.15. The lowest BCUT2D eigenvalue weighted by Crippen LogP contribution is -2.27. The molecule has 0 radical (unpaired) electrons. The predicted octanol–water partition coefficient (Wildman–Crippen LogP) is 0.312. The van der Waals surface area contributed by atoms with Gasteiger partial charge in [-0.25, -0.2) is 9.42 Å². The zero-order valence-electron chi connectivity index (χ0n) is 11.0. The third kappa shape index (κ3) is 2.36. The Hall–Kier alpha value is -3.10. The Morgan fingerprint density at radius 1 is 1.33 bits per heavy atom. The Morgan fingerprint density at radius 2 is 2.10 bits per heavy atom. The normalized spacial score (nSPS) is 12.4. The molecule has 1 amide bonds. The number of fused-ring (bicyclic) bond motifs is 1. The van der Waals surface area contributed by atoms with Crippen LogP contribution in [0.4, 0.5) is 5.82 Å². The van der Waals surface area contributed by atoms with Crippen molar-refractivity contribution in [3.8, 4) is 0 Å². The molecule has 2 heterocycles. The summed E-state index contributed by atoms with van der Waals surface area (Å²) in [6.45, 7) is 1.80. The lowest BCUT2D eigenvalue weighted by molar-refractivity contribution is 0.0930. The molecule has 1 atom stereocenters. The molecule has 0 bridgehead atoms. The van der Waals surface area contributed by atoms with Gasteiger partial charge in [-0.2, -0.15) is 0 Å². The van der Waals surface area contributed by atoms with Crippen LogP contribution in [0.3, 0.4) is 0 Å². The van der Waals surface area contributed by atoms with Crippen LogP contribution in [0.1, 0.15) is 29.0 Å². The van der Waals surface area contributed by atoms with Gasteiger partial charge in [0.05, 0.1) is 17.1 Å². The highest BCUT2D eigenvalue weighted by Gasteiger charge is 2.18. The highest BCUT2D eigenvalue weighted by molar-refractivity contribution is 5.96. The number of carbonyl (C=O) groups is 1. The van der Waals surface area contributed by atoms with Gasteiger partial charge in [-0.15, -0.1) is 0 Å². The first-order valence-electron chi connectivity index (χ1n) is 6.15. The molecule has 0 spiro atoms. The number of nitrogen functional groups attached to an aromatic ring is 1. The fraction of sp³-hybridized carbons (Fsp3) is 0.167. The summed E-state index contributed by atoms with van der Waals surface area (Å²) >= 11 is 0. The van der Waals surface area contributed by atoms with E-state index in [2.05, 4.69) is 30.2 Å². The molecule has 3 rings (SSSR count). The monoisotopic (exact) mass is 288 g/mol. The standard InChI is InChI=1S/C12H12N6O3/c1-5(14-11(19)9-10(13)18-21-17-9)6-2-3-7-8(4-6)16-12(20)15-7/h2-5H,1H3,(H2,13,18)(H,14,19)(H2,15,16,20). The van der Waals surface area contributed by atoms with Crippen molar-refractivity contribution in [2.45, 2.75) is 13.0 Å². The van der Waals surface area contributed by atoms with Crippen molar-refractivity contribution in [1.82, 2.24) is 25.6 Å². The number of aromatic nitrogens is 4. The van der Waals surface area contributed by atoms with Crippen LogP contribution in [0.25, 0.3) is 11.0 Å². The average molecular weight is 288 g/mol. The van der Waals surface area contributed by atoms with Crippen molar-refractivity contribution < 1.29 is 9.42 Å². The van der Waals surface area contributed by atoms with E-state index < -0.39 is 5.91 Å². The van der Waals surface area contributed by atoms with Gasteiger partial charge in [-0.1, -0.05) is 6.07 Å².